The number of hydrogen-bond donors (Lipinski definition) is 2. The molecule has 0 unspecified atom stereocenters. The molecule has 23 heavy (non-hydrogen) atoms. The molecule has 0 saturated carbocycles. The number of carbonyl (C=O) groups is 3. The van der Waals surface area contributed by atoms with Crippen LogP contribution < -0.4 is 5.32 Å². The van der Waals surface area contributed by atoms with Crippen molar-refractivity contribution in [2.24, 2.45) is 0 Å². The fraction of sp³-hybridized carbons (Fsp3) is 0.562. The predicted molar refractivity (Wildman–Crippen MR) is 85.1 cm³/mol. The summed E-state index contributed by atoms with van der Waals surface area (Å²) in [6.07, 6.45) is 2.59. The van der Waals surface area contributed by atoms with Crippen molar-refractivity contribution in [1.82, 2.24) is 5.32 Å². The fourth-order valence-corrected chi connectivity index (χ4v) is 4.44. The highest BCUT2D eigenvalue weighted by Crippen LogP contribution is 2.31. The average Bonchev–Trinajstić information content (AvgIpc) is 2.86. The first-order valence-corrected chi connectivity index (χ1v) is 8.89. The van der Waals surface area contributed by atoms with Crippen LogP contribution >= 0.6 is 11.8 Å². The topological polar surface area (TPSA) is 96.6 Å². The van der Waals surface area contributed by atoms with Gasteiger partial charge < -0.3 is 14.8 Å². The summed E-state index contributed by atoms with van der Waals surface area (Å²) in [6, 6.07) is 0. The number of Topliss-reactive ketones (excluding diaryl/α,β-unsaturated/α-hetero) is 1. The minimum Gasteiger partial charge on any atom is -0.480 e. The van der Waals surface area contributed by atoms with E-state index < -0.39 is 17.4 Å². The van der Waals surface area contributed by atoms with Gasteiger partial charge in [-0.1, -0.05) is 0 Å². The van der Waals surface area contributed by atoms with E-state index in [1.54, 1.807) is 18.7 Å². The smallest absolute Gasteiger partial charge is 0.329 e. The molecule has 3 rings (SSSR count). The van der Waals surface area contributed by atoms with Crippen LogP contribution in [0.4, 0.5) is 0 Å². The van der Waals surface area contributed by atoms with Crippen molar-refractivity contribution >= 4 is 29.4 Å². The summed E-state index contributed by atoms with van der Waals surface area (Å²) < 4.78 is 5.60. The van der Waals surface area contributed by atoms with Crippen molar-refractivity contribution in [3.63, 3.8) is 0 Å². The minimum atomic E-state index is -1.24. The standard InChI is InChI=1S/C16H19NO5S/c1-9-12-10(18)3-2-4-11(12)22-13(9)14(19)17-16(15(20)21)5-7-23-8-6-16/h2-8H2,1H3,(H,17,19)(H,20,21). The highest BCUT2D eigenvalue weighted by molar-refractivity contribution is 7.99. The molecule has 1 aliphatic heterocycles. The first-order valence-electron chi connectivity index (χ1n) is 7.74. The van der Waals surface area contributed by atoms with E-state index >= 15 is 0 Å². The van der Waals surface area contributed by atoms with E-state index in [-0.39, 0.29) is 11.5 Å². The van der Waals surface area contributed by atoms with Crippen LogP contribution in [0, 0.1) is 6.92 Å². The third kappa shape index (κ3) is 2.78. The zero-order valence-corrected chi connectivity index (χ0v) is 13.8. The molecule has 1 aromatic heterocycles. The molecule has 2 N–H and O–H groups in total. The van der Waals surface area contributed by atoms with E-state index in [0.717, 1.165) is 6.42 Å². The van der Waals surface area contributed by atoms with Gasteiger partial charge in [-0.15, -0.1) is 0 Å². The first-order chi connectivity index (χ1) is 10.9. The lowest BCUT2D eigenvalue weighted by Crippen LogP contribution is -2.56. The van der Waals surface area contributed by atoms with Crippen LogP contribution in [-0.2, 0) is 11.2 Å². The Morgan fingerprint density at radius 2 is 1.96 bits per heavy atom. The van der Waals surface area contributed by atoms with Gasteiger partial charge in [0.1, 0.15) is 11.3 Å². The Morgan fingerprint density at radius 3 is 2.57 bits per heavy atom. The summed E-state index contributed by atoms with van der Waals surface area (Å²) >= 11 is 1.68. The Balaban J connectivity index is 1.89. The number of hydrogen-bond acceptors (Lipinski definition) is 5. The van der Waals surface area contributed by atoms with Gasteiger partial charge in [-0.25, -0.2) is 4.79 Å². The van der Waals surface area contributed by atoms with Gasteiger partial charge in [0, 0.05) is 18.4 Å². The van der Waals surface area contributed by atoms with Gasteiger partial charge in [-0.2, -0.15) is 11.8 Å². The van der Waals surface area contributed by atoms with E-state index in [4.69, 9.17) is 4.42 Å². The number of carboxylic acid groups (broad SMARTS) is 1. The lowest BCUT2D eigenvalue weighted by atomic mass is 9.91. The molecule has 0 atom stereocenters. The Morgan fingerprint density at radius 1 is 1.26 bits per heavy atom. The van der Waals surface area contributed by atoms with Crippen molar-refractivity contribution < 1.29 is 23.9 Å². The lowest BCUT2D eigenvalue weighted by Gasteiger charge is -2.33. The molecule has 124 valence electrons. The van der Waals surface area contributed by atoms with E-state index in [9.17, 15) is 19.5 Å². The number of carboxylic acids is 1. The maximum Gasteiger partial charge on any atom is 0.329 e. The van der Waals surface area contributed by atoms with Gasteiger partial charge in [0.25, 0.3) is 5.91 Å². The van der Waals surface area contributed by atoms with Crippen LogP contribution in [-0.4, -0.2) is 39.8 Å². The van der Waals surface area contributed by atoms with E-state index in [1.807, 2.05) is 0 Å². The Hall–Kier alpha value is -1.76. The monoisotopic (exact) mass is 337 g/mol. The van der Waals surface area contributed by atoms with E-state index in [1.165, 1.54) is 0 Å². The molecule has 1 aromatic rings. The van der Waals surface area contributed by atoms with Crippen molar-refractivity contribution in [3.8, 4) is 0 Å². The fourth-order valence-electron chi connectivity index (χ4n) is 3.25. The average molecular weight is 337 g/mol. The number of amides is 1. The molecule has 1 amide bonds. The molecule has 1 saturated heterocycles. The number of furan rings is 1. The number of nitrogens with one attached hydrogen (secondary N) is 1. The SMILES string of the molecule is Cc1c(C(=O)NC2(C(=O)O)CCSCC2)oc2c1C(=O)CCC2. The molecule has 0 spiro atoms. The van der Waals surface area contributed by atoms with Crippen LogP contribution in [0.25, 0.3) is 0 Å². The summed E-state index contributed by atoms with van der Waals surface area (Å²) in [5.41, 5.74) is -0.218. The molecule has 0 radical (unpaired) electrons. The summed E-state index contributed by atoms with van der Waals surface area (Å²) in [7, 11) is 0. The second kappa shape index (κ2) is 6.03. The predicted octanol–water partition coefficient (Wildman–Crippen LogP) is 2.19. The molecule has 0 bridgehead atoms. The third-order valence-corrected chi connectivity index (χ3v) is 5.61. The van der Waals surface area contributed by atoms with Gasteiger partial charge in [0.05, 0.1) is 5.56 Å². The van der Waals surface area contributed by atoms with Crippen LogP contribution in [0.3, 0.4) is 0 Å². The number of carbonyl (C=O) groups excluding carboxylic acids is 2. The number of aliphatic carboxylic acids is 1. The number of thioether (sulfide) groups is 1. The quantitative estimate of drug-likeness (QED) is 0.877. The normalized spacial score (nSPS) is 20.0. The summed E-state index contributed by atoms with van der Waals surface area (Å²) in [5.74, 6) is 0.442. The van der Waals surface area contributed by atoms with Gasteiger partial charge in [0.2, 0.25) is 0 Å². The van der Waals surface area contributed by atoms with Gasteiger partial charge >= 0.3 is 5.97 Å². The highest BCUT2D eigenvalue weighted by Gasteiger charge is 2.42. The maximum absolute atomic E-state index is 12.6. The van der Waals surface area contributed by atoms with E-state index in [0.29, 0.717) is 54.1 Å². The number of fused-ring (bicyclic) bond motifs is 1. The summed E-state index contributed by atoms with van der Waals surface area (Å²) in [4.78, 5) is 36.3. The largest absolute Gasteiger partial charge is 0.480 e. The summed E-state index contributed by atoms with van der Waals surface area (Å²) in [5, 5.41) is 12.2. The number of ketones is 1. The molecular formula is C16H19NO5S. The van der Waals surface area contributed by atoms with Gasteiger partial charge in [-0.3, -0.25) is 9.59 Å². The van der Waals surface area contributed by atoms with Crippen molar-refractivity contribution in [1.29, 1.82) is 0 Å². The lowest BCUT2D eigenvalue weighted by molar-refractivity contribution is -0.144. The minimum absolute atomic E-state index is 0.00596. The molecule has 0 aromatic carbocycles. The zero-order chi connectivity index (χ0) is 16.6. The highest BCUT2D eigenvalue weighted by atomic mass is 32.2. The van der Waals surface area contributed by atoms with Gasteiger partial charge in [-0.05, 0) is 37.7 Å². The Bertz CT molecular complexity index is 672. The third-order valence-electron chi connectivity index (χ3n) is 4.62. The van der Waals surface area contributed by atoms with Crippen molar-refractivity contribution in [2.75, 3.05) is 11.5 Å². The molecule has 6 nitrogen and oxygen atoms in total. The van der Waals surface area contributed by atoms with Crippen LogP contribution in [0.1, 0.15) is 57.9 Å². The van der Waals surface area contributed by atoms with Crippen molar-refractivity contribution in [3.05, 3.63) is 22.6 Å². The van der Waals surface area contributed by atoms with Crippen LogP contribution in [0.2, 0.25) is 0 Å². The van der Waals surface area contributed by atoms with Crippen LogP contribution in [0.5, 0.6) is 0 Å². The second-order valence-corrected chi connectivity index (χ2v) is 7.31. The molecule has 2 heterocycles. The molecule has 2 aliphatic rings. The van der Waals surface area contributed by atoms with Crippen molar-refractivity contribution in [2.45, 2.75) is 44.6 Å². The molecule has 1 fully saturated rings. The molecular weight excluding hydrogens is 318 g/mol. The number of aryl methyl sites for hydroxylation is 1. The van der Waals surface area contributed by atoms with Crippen LogP contribution in [0.15, 0.2) is 4.42 Å². The second-order valence-electron chi connectivity index (χ2n) is 6.08. The van der Waals surface area contributed by atoms with E-state index in [2.05, 4.69) is 5.32 Å². The number of rotatable bonds is 3. The molecule has 1 aliphatic carbocycles. The summed E-state index contributed by atoms with van der Waals surface area (Å²) in [6.45, 7) is 1.69. The first kappa shape index (κ1) is 16.1. The Kier molecular flexibility index (Phi) is 4.23. The zero-order valence-electron chi connectivity index (χ0n) is 12.9. The Labute approximate surface area is 138 Å². The maximum atomic E-state index is 12.6. The van der Waals surface area contributed by atoms with Gasteiger partial charge in [0.15, 0.2) is 11.5 Å². The molecule has 7 heteroatoms.